The van der Waals surface area contributed by atoms with Crippen LogP contribution in [0.5, 0.6) is 0 Å². The van der Waals surface area contributed by atoms with Gasteiger partial charge in [0.25, 0.3) is 0 Å². The molecule has 0 spiro atoms. The zero-order valence-electron chi connectivity index (χ0n) is 16.3. The zero-order chi connectivity index (χ0) is 21.2. The molecule has 1 saturated heterocycles. The Hall–Kier alpha value is -2.36. The second kappa shape index (κ2) is 8.56. The first-order valence-electron chi connectivity index (χ1n) is 9.21. The Balaban J connectivity index is 1.67. The van der Waals surface area contributed by atoms with Gasteiger partial charge in [0.05, 0.1) is 0 Å². The van der Waals surface area contributed by atoms with Crippen LogP contribution < -0.4 is 5.32 Å². The van der Waals surface area contributed by atoms with Gasteiger partial charge in [0.2, 0.25) is 15.9 Å². The van der Waals surface area contributed by atoms with Gasteiger partial charge in [0.1, 0.15) is 11.6 Å². The van der Waals surface area contributed by atoms with Crippen molar-refractivity contribution in [3.63, 3.8) is 0 Å². The average molecular weight is 423 g/mol. The molecule has 9 heteroatoms. The normalized spacial score (nSPS) is 16.0. The Morgan fingerprint density at radius 1 is 1.07 bits per heavy atom. The van der Waals surface area contributed by atoms with Crippen molar-refractivity contribution in [2.75, 3.05) is 31.5 Å². The second-order valence-electron chi connectivity index (χ2n) is 7.12. The molecule has 29 heavy (non-hydrogen) atoms. The zero-order valence-corrected chi connectivity index (χ0v) is 17.1. The minimum absolute atomic E-state index is 0.139. The van der Waals surface area contributed by atoms with Crippen molar-refractivity contribution in [3.05, 3.63) is 59.2 Å². The molecule has 1 amide bonds. The maximum atomic E-state index is 14.2. The van der Waals surface area contributed by atoms with Crippen LogP contribution in [0, 0.1) is 18.6 Å². The molecule has 0 saturated carbocycles. The van der Waals surface area contributed by atoms with E-state index in [4.69, 9.17) is 0 Å². The molecule has 1 aliphatic rings. The number of aryl methyl sites for hydroxylation is 1. The fourth-order valence-electron chi connectivity index (χ4n) is 3.40. The number of rotatable bonds is 5. The molecule has 0 aromatic heterocycles. The summed E-state index contributed by atoms with van der Waals surface area (Å²) in [5, 5.41) is 2.73. The molecule has 1 heterocycles. The molecule has 3 rings (SSSR count). The van der Waals surface area contributed by atoms with E-state index in [1.807, 2.05) is 18.2 Å². The number of carbonyl (C=O) groups is 1. The second-order valence-corrected chi connectivity index (χ2v) is 8.99. The van der Waals surface area contributed by atoms with Crippen molar-refractivity contribution in [3.8, 4) is 0 Å². The lowest BCUT2D eigenvalue weighted by Crippen LogP contribution is -2.48. The maximum Gasteiger partial charge on any atom is 0.249 e. The van der Waals surface area contributed by atoms with Gasteiger partial charge in [0.15, 0.2) is 4.90 Å². The summed E-state index contributed by atoms with van der Waals surface area (Å²) in [6.07, 6.45) is 0. The van der Waals surface area contributed by atoms with Crippen molar-refractivity contribution >= 4 is 21.6 Å². The van der Waals surface area contributed by atoms with Gasteiger partial charge in [-0.15, -0.1) is 0 Å². The van der Waals surface area contributed by atoms with E-state index >= 15 is 0 Å². The molecule has 0 bridgehead atoms. The molecule has 0 atom stereocenters. The van der Waals surface area contributed by atoms with Gasteiger partial charge in [-0.25, -0.2) is 17.2 Å². The van der Waals surface area contributed by atoms with E-state index in [0.29, 0.717) is 30.9 Å². The Kier molecular flexibility index (Phi) is 6.30. The molecule has 0 unspecified atom stereocenters. The smallest absolute Gasteiger partial charge is 0.249 e. The van der Waals surface area contributed by atoms with Crippen LogP contribution in [0.1, 0.15) is 18.1 Å². The number of hydrogen-bond acceptors (Lipinski definition) is 4. The van der Waals surface area contributed by atoms with Gasteiger partial charge >= 0.3 is 0 Å². The number of carbonyl (C=O) groups excluding carboxylic acids is 1. The van der Waals surface area contributed by atoms with Crippen LogP contribution in [0.3, 0.4) is 0 Å². The summed E-state index contributed by atoms with van der Waals surface area (Å²) in [5.74, 6) is -2.30. The summed E-state index contributed by atoms with van der Waals surface area (Å²) in [4.78, 5) is 12.4. The van der Waals surface area contributed by atoms with Gasteiger partial charge in [0, 0.05) is 45.3 Å². The van der Waals surface area contributed by atoms with Crippen LogP contribution in [0.2, 0.25) is 0 Å². The molecule has 1 N–H and O–H groups in total. The van der Waals surface area contributed by atoms with E-state index in [1.54, 1.807) is 6.07 Å². The first kappa shape index (κ1) is 21.4. The Bertz CT molecular complexity index is 996. The van der Waals surface area contributed by atoms with Gasteiger partial charge in [-0.3, -0.25) is 9.69 Å². The third kappa shape index (κ3) is 4.98. The molecular formula is C20H23F2N3O3S. The third-order valence-electron chi connectivity index (χ3n) is 4.73. The fourth-order valence-corrected chi connectivity index (χ4v) is 4.91. The number of nitrogens with one attached hydrogen (secondary N) is 1. The number of sulfonamides is 1. The van der Waals surface area contributed by atoms with Crippen LogP contribution in [-0.4, -0.2) is 49.7 Å². The Morgan fingerprint density at radius 2 is 1.69 bits per heavy atom. The number of benzene rings is 2. The van der Waals surface area contributed by atoms with Crippen LogP contribution in [0.25, 0.3) is 0 Å². The number of amides is 1. The molecule has 156 valence electrons. The summed E-state index contributed by atoms with van der Waals surface area (Å²) in [5.41, 5.74) is 2.00. The molecule has 0 aliphatic carbocycles. The van der Waals surface area contributed by atoms with E-state index in [0.717, 1.165) is 22.0 Å². The largest absolute Gasteiger partial charge is 0.326 e. The van der Waals surface area contributed by atoms with Crippen molar-refractivity contribution in [1.29, 1.82) is 0 Å². The molecule has 2 aromatic rings. The van der Waals surface area contributed by atoms with Crippen molar-refractivity contribution in [2.24, 2.45) is 0 Å². The third-order valence-corrected chi connectivity index (χ3v) is 6.68. The van der Waals surface area contributed by atoms with E-state index in [2.05, 4.69) is 10.2 Å². The highest BCUT2D eigenvalue weighted by molar-refractivity contribution is 7.89. The highest BCUT2D eigenvalue weighted by atomic mass is 32.2. The Labute approximate surface area is 169 Å². The summed E-state index contributed by atoms with van der Waals surface area (Å²) < 4.78 is 54.9. The average Bonchev–Trinajstić information content (AvgIpc) is 2.60. The number of anilines is 1. The van der Waals surface area contributed by atoms with Crippen LogP contribution in [0.4, 0.5) is 14.5 Å². The van der Waals surface area contributed by atoms with Gasteiger partial charge in [-0.2, -0.15) is 4.31 Å². The standard InChI is InChI=1S/C20H23F2N3O3S/c1-14-10-18(21)20(19(22)11-14)29(27,28)25-8-6-24(7-9-25)13-16-4-3-5-17(12-16)23-15(2)26/h3-5,10-12H,6-9,13H2,1-2H3,(H,23,26). The van der Waals surface area contributed by atoms with Gasteiger partial charge in [-0.1, -0.05) is 12.1 Å². The van der Waals surface area contributed by atoms with E-state index in [1.165, 1.54) is 13.8 Å². The molecular weight excluding hydrogens is 400 g/mol. The minimum Gasteiger partial charge on any atom is -0.326 e. The summed E-state index contributed by atoms with van der Waals surface area (Å²) in [6.45, 7) is 4.65. The number of halogens is 2. The maximum absolute atomic E-state index is 14.2. The number of nitrogens with zero attached hydrogens (tertiary/aromatic N) is 2. The van der Waals surface area contributed by atoms with Crippen LogP contribution in [-0.2, 0) is 21.4 Å². The van der Waals surface area contributed by atoms with Crippen LogP contribution in [0.15, 0.2) is 41.3 Å². The molecule has 6 nitrogen and oxygen atoms in total. The predicted molar refractivity (Wildman–Crippen MR) is 106 cm³/mol. The van der Waals surface area contributed by atoms with Crippen molar-refractivity contribution < 1.29 is 22.0 Å². The van der Waals surface area contributed by atoms with Crippen molar-refractivity contribution in [1.82, 2.24) is 9.21 Å². The van der Waals surface area contributed by atoms with Gasteiger partial charge in [-0.05, 0) is 42.3 Å². The number of hydrogen-bond donors (Lipinski definition) is 1. The van der Waals surface area contributed by atoms with E-state index in [-0.39, 0.29) is 19.0 Å². The highest BCUT2D eigenvalue weighted by Crippen LogP contribution is 2.25. The first-order valence-corrected chi connectivity index (χ1v) is 10.7. The lowest BCUT2D eigenvalue weighted by Gasteiger charge is -2.34. The molecule has 2 aromatic carbocycles. The summed E-state index contributed by atoms with van der Waals surface area (Å²) >= 11 is 0. The Morgan fingerprint density at radius 3 is 2.28 bits per heavy atom. The summed E-state index contributed by atoms with van der Waals surface area (Å²) in [7, 11) is -4.25. The molecule has 1 fully saturated rings. The van der Waals surface area contributed by atoms with E-state index < -0.39 is 26.6 Å². The highest BCUT2D eigenvalue weighted by Gasteiger charge is 2.33. The minimum atomic E-state index is -4.25. The molecule has 0 radical (unpaired) electrons. The SMILES string of the molecule is CC(=O)Nc1cccc(CN2CCN(S(=O)(=O)c3c(F)cc(C)cc3F)CC2)c1. The lowest BCUT2D eigenvalue weighted by molar-refractivity contribution is -0.114. The van der Waals surface area contributed by atoms with E-state index in [9.17, 15) is 22.0 Å². The summed E-state index contributed by atoms with van der Waals surface area (Å²) in [6, 6.07) is 9.46. The first-order chi connectivity index (χ1) is 13.7. The number of piperazine rings is 1. The topological polar surface area (TPSA) is 69.7 Å². The van der Waals surface area contributed by atoms with Crippen LogP contribution >= 0.6 is 0 Å². The quantitative estimate of drug-likeness (QED) is 0.803. The van der Waals surface area contributed by atoms with Gasteiger partial charge < -0.3 is 5.32 Å². The predicted octanol–water partition coefficient (Wildman–Crippen LogP) is 2.74. The molecule has 1 aliphatic heterocycles. The monoisotopic (exact) mass is 423 g/mol. The lowest BCUT2D eigenvalue weighted by atomic mass is 10.1. The fraction of sp³-hybridized carbons (Fsp3) is 0.350. The van der Waals surface area contributed by atoms with Crippen molar-refractivity contribution in [2.45, 2.75) is 25.3 Å².